The van der Waals surface area contributed by atoms with Gasteiger partial charge in [0.05, 0.1) is 19.1 Å². The van der Waals surface area contributed by atoms with Gasteiger partial charge in [0.15, 0.2) is 0 Å². The largest absolute Gasteiger partial charge is 0.466 e. The number of amides is 1. The minimum atomic E-state index is -0.0837. The Kier molecular flexibility index (Phi) is 4.58. The van der Waals surface area contributed by atoms with Gasteiger partial charge in [-0.25, -0.2) is 0 Å². The van der Waals surface area contributed by atoms with E-state index < -0.39 is 0 Å². The molecule has 0 aromatic heterocycles. The average molecular weight is 254 g/mol. The third-order valence-electron chi connectivity index (χ3n) is 3.52. The summed E-state index contributed by atoms with van der Waals surface area (Å²) in [6.45, 7) is 4.35. The number of ether oxygens (including phenoxy) is 1. The molecule has 0 bridgehead atoms. The number of hydrogen-bond acceptors (Lipinski definition) is 4. The summed E-state index contributed by atoms with van der Waals surface area (Å²) in [6, 6.07) is 0.426. The van der Waals surface area contributed by atoms with Crippen LogP contribution in [0.25, 0.3) is 0 Å². The van der Waals surface area contributed by atoms with Crippen molar-refractivity contribution >= 4 is 11.9 Å². The Hall–Kier alpha value is -1.10. The summed E-state index contributed by atoms with van der Waals surface area (Å²) in [7, 11) is 0. The van der Waals surface area contributed by atoms with Gasteiger partial charge >= 0.3 is 5.97 Å². The molecule has 1 saturated carbocycles. The molecule has 102 valence electrons. The van der Waals surface area contributed by atoms with Crippen molar-refractivity contribution < 1.29 is 14.3 Å². The number of carbonyl (C=O) groups excluding carboxylic acids is 2. The first-order valence-electron chi connectivity index (χ1n) is 6.87. The van der Waals surface area contributed by atoms with Gasteiger partial charge in [-0.15, -0.1) is 0 Å². The lowest BCUT2D eigenvalue weighted by Crippen LogP contribution is -2.43. The van der Waals surface area contributed by atoms with Crippen LogP contribution in [-0.2, 0) is 14.3 Å². The van der Waals surface area contributed by atoms with Gasteiger partial charge < -0.3 is 10.1 Å². The topological polar surface area (TPSA) is 58.6 Å². The van der Waals surface area contributed by atoms with E-state index in [1.54, 1.807) is 0 Å². The van der Waals surface area contributed by atoms with E-state index in [1.165, 1.54) is 0 Å². The van der Waals surface area contributed by atoms with Crippen LogP contribution >= 0.6 is 0 Å². The van der Waals surface area contributed by atoms with Crippen LogP contribution in [0.5, 0.6) is 0 Å². The summed E-state index contributed by atoms with van der Waals surface area (Å²) in [5.41, 5.74) is 0. The number of carbonyl (C=O) groups is 2. The highest BCUT2D eigenvalue weighted by Crippen LogP contribution is 2.20. The monoisotopic (exact) mass is 254 g/mol. The normalized spacial score (nSPS) is 21.6. The van der Waals surface area contributed by atoms with Gasteiger partial charge in [0.1, 0.15) is 0 Å². The molecular formula is C13H22N2O3. The van der Waals surface area contributed by atoms with Crippen LogP contribution < -0.4 is 5.32 Å². The van der Waals surface area contributed by atoms with E-state index in [0.29, 0.717) is 19.2 Å². The van der Waals surface area contributed by atoms with Crippen molar-refractivity contribution in [1.82, 2.24) is 10.2 Å². The lowest BCUT2D eigenvalue weighted by atomic mass is 9.97. The lowest BCUT2D eigenvalue weighted by Gasteiger charge is -2.30. The zero-order valence-corrected chi connectivity index (χ0v) is 11.0. The Morgan fingerprint density at radius 2 is 1.89 bits per heavy atom. The summed E-state index contributed by atoms with van der Waals surface area (Å²) >= 11 is 0. The predicted octanol–water partition coefficient (Wildman–Crippen LogP) is 0.540. The molecule has 0 aromatic carbocycles. The summed E-state index contributed by atoms with van der Waals surface area (Å²) in [4.78, 5) is 25.3. The highest BCUT2D eigenvalue weighted by atomic mass is 16.5. The molecule has 0 atom stereocenters. The minimum Gasteiger partial charge on any atom is -0.466 e. The van der Waals surface area contributed by atoms with Gasteiger partial charge in [0.2, 0.25) is 5.91 Å². The quantitative estimate of drug-likeness (QED) is 0.728. The van der Waals surface area contributed by atoms with Crippen LogP contribution in [-0.4, -0.2) is 49.1 Å². The fourth-order valence-electron chi connectivity index (χ4n) is 2.29. The van der Waals surface area contributed by atoms with Crippen molar-refractivity contribution in [3.05, 3.63) is 0 Å². The highest BCUT2D eigenvalue weighted by Gasteiger charge is 2.28. The maximum Gasteiger partial charge on any atom is 0.309 e. The van der Waals surface area contributed by atoms with E-state index in [4.69, 9.17) is 4.74 Å². The predicted molar refractivity (Wildman–Crippen MR) is 67.0 cm³/mol. The lowest BCUT2D eigenvalue weighted by molar-refractivity contribution is -0.149. The van der Waals surface area contributed by atoms with Gasteiger partial charge in [-0.2, -0.15) is 0 Å². The van der Waals surface area contributed by atoms with Gasteiger partial charge in [-0.05, 0) is 45.7 Å². The molecule has 0 spiro atoms. The van der Waals surface area contributed by atoms with E-state index in [1.807, 2.05) is 6.92 Å². The zero-order chi connectivity index (χ0) is 13.0. The number of piperidine rings is 1. The number of esters is 1. The third kappa shape index (κ3) is 3.98. The van der Waals surface area contributed by atoms with Crippen LogP contribution in [0.1, 0.15) is 32.6 Å². The Morgan fingerprint density at radius 1 is 1.22 bits per heavy atom. The van der Waals surface area contributed by atoms with Gasteiger partial charge in [0, 0.05) is 6.04 Å². The van der Waals surface area contributed by atoms with Crippen LogP contribution in [0.2, 0.25) is 0 Å². The summed E-state index contributed by atoms with van der Waals surface area (Å²) in [5, 5.41) is 2.98. The first-order valence-corrected chi connectivity index (χ1v) is 6.87. The van der Waals surface area contributed by atoms with Crippen LogP contribution in [0, 0.1) is 5.92 Å². The second-order valence-electron chi connectivity index (χ2n) is 5.14. The maximum atomic E-state index is 11.6. The van der Waals surface area contributed by atoms with Crippen LogP contribution in [0.15, 0.2) is 0 Å². The van der Waals surface area contributed by atoms with E-state index in [2.05, 4.69) is 10.2 Å². The third-order valence-corrected chi connectivity index (χ3v) is 3.52. The van der Waals surface area contributed by atoms with E-state index in [0.717, 1.165) is 38.8 Å². The number of hydrogen-bond donors (Lipinski definition) is 1. The van der Waals surface area contributed by atoms with Crippen molar-refractivity contribution in [2.75, 3.05) is 26.2 Å². The minimum absolute atomic E-state index is 0.0210. The maximum absolute atomic E-state index is 11.6. The van der Waals surface area contributed by atoms with Crippen molar-refractivity contribution in [1.29, 1.82) is 0 Å². The first kappa shape index (κ1) is 13.3. The first-order chi connectivity index (χ1) is 8.69. The van der Waals surface area contributed by atoms with Crippen LogP contribution in [0.3, 0.4) is 0 Å². The fourth-order valence-corrected chi connectivity index (χ4v) is 2.29. The standard InChI is InChI=1S/C13H22N2O3/c1-2-18-13(17)10-5-7-15(8-6-10)9-12(16)14-11-3-4-11/h10-11H,2-9H2,1H3,(H,14,16). The zero-order valence-electron chi connectivity index (χ0n) is 11.0. The summed E-state index contributed by atoms with van der Waals surface area (Å²) < 4.78 is 5.02. The molecule has 1 heterocycles. The Morgan fingerprint density at radius 3 is 2.44 bits per heavy atom. The van der Waals surface area contributed by atoms with Crippen molar-refractivity contribution in [2.45, 2.75) is 38.6 Å². The van der Waals surface area contributed by atoms with E-state index >= 15 is 0 Å². The number of likely N-dealkylation sites (tertiary alicyclic amines) is 1. The average Bonchev–Trinajstić information content (AvgIpc) is 3.14. The molecule has 1 aliphatic carbocycles. The molecule has 1 amide bonds. The molecule has 0 unspecified atom stereocenters. The molecular weight excluding hydrogens is 232 g/mol. The summed E-state index contributed by atoms with van der Waals surface area (Å²) in [6.07, 6.45) is 3.85. The van der Waals surface area contributed by atoms with Crippen molar-refractivity contribution in [3.63, 3.8) is 0 Å². The molecule has 5 heteroatoms. The van der Waals surface area contributed by atoms with E-state index in [9.17, 15) is 9.59 Å². The second-order valence-corrected chi connectivity index (χ2v) is 5.14. The Labute approximate surface area is 108 Å². The number of nitrogens with one attached hydrogen (secondary N) is 1. The molecule has 1 aliphatic heterocycles. The summed E-state index contributed by atoms with van der Waals surface area (Å²) in [5.74, 6) is 0.0550. The van der Waals surface area contributed by atoms with Gasteiger partial charge in [0.25, 0.3) is 0 Å². The van der Waals surface area contributed by atoms with Gasteiger partial charge in [-0.3, -0.25) is 14.5 Å². The molecule has 5 nitrogen and oxygen atoms in total. The number of nitrogens with zero attached hydrogens (tertiary/aromatic N) is 1. The molecule has 18 heavy (non-hydrogen) atoms. The van der Waals surface area contributed by atoms with Crippen LogP contribution in [0.4, 0.5) is 0 Å². The molecule has 1 N–H and O–H groups in total. The Balaban J connectivity index is 1.66. The number of rotatable bonds is 5. The van der Waals surface area contributed by atoms with Crippen molar-refractivity contribution in [3.8, 4) is 0 Å². The van der Waals surface area contributed by atoms with Gasteiger partial charge in [-0.1, -0.05) is 0 Å². The molecule has 1 saturated heterocycles. The smallest absolute Gasteiger partial charge is 0.309 e. The fraction of sp³-hybridized carbons (Fsp3) is 0.846. The van der Waals surface area contributed by atoms with Crippen molar-refractivity contribution in [2.24, 2.45) is 5.92 Å². The molecule has 0 aromatic rings. The molecule has 2 rings (SSSR count). The Bertz CT molecular complexity index is 307. The second kappa shape index (κ2) is 6.18. The van der Waals surface area contributed by atoms with E-state index in [-0.39, 0.29) is 17.8 Å². The highest BCUT2D eigenvalue weighted by molar-refractivity contribution is 5.78. The molecule has 2 fully saturated rings. The SMILES string of the molecule is CCOC(=O)C1CCN(CC(=O)NC2CC2)CC1. The molecule has 2 aliphatic rings. The molecule has 0 radical (unpaired) electrons.